The number of nitrogens with one attached hydrogen (secondary N) is 1. The van der Waals surface area contributed by atoms with Gasteiger partial charge in [0.05, 0.1) is 23.4 Å². The number of carbonyl (C=O) groups is 1. The first-order valence-corrected chi connectivity index (χ1v) is 11.0. The second kappa shape index (κ2) is 6.89. The summed E-state index contributed by atoms with van der Waals surface area (Å²) in [6.07, 6.45) is 1.11. The van der Waals surface area contributed by atoms with Gasteiger partial charge in [-0.2, -0.15) is 4.31 Å². The van der Waals surface area contributed by atoms with Gasteiger partial charge in [0.15, 0.2) is 0 Å². The number of hydrogen-bond acceptors (Lipinski definition) is 6. The van der Waals surface area contributed by atoms with Gasteiger partial charge in [0.1, 0.15) is 5.82 Å². The summed E-state index contributed by atoms with van der Waals surface area (Å²) in [6, 6.07) is 7.74. The molecule has 4 rings (SSSR count). The van der Waals surface area contributed by atoms with E-state index < -0.39 is 15.3 Å². The zero-order chi connectivity index (χ0) is 20.1. The summed E-state index contributed by atoms with van der Waals surface area (Å²) in [6.45, 7) is 4.49. The first-order valence-electron chi connectivity index (χ1n) is 9.53. The van der Waals surface area contributed by atoms with Crippen LogP contribution in [0.1, 0.15) is 47.8 Å². The molecule has 28 heavy (non-hydrogen) atoms. The summed E-state index contributed by atoms with van der Waals surface area (Å²) in [4.78, 5) is 13.4. The van der Waals surface area contributed by atoms with Gasteiger partial charge in [-0.3, -0.25) is 4.79 Å². The third-order valence-corrected chi connectivity index (χ3v) is 7.83. The van der Waals surface area contributed by atoms with Crippen LogP contribution in [-0.2, 0) is 23.0 Å². The van der Waals surface area contributed by atoms with Crippen LogP contribution in [0.3, 0.4) is 0 Å². The Hall–Kier alpha value is -2.39. The standard InChI is InChI=1S/C19H25N5O3S/c1-12(2)28(26,27)23-10-8-15-17(11-23)24(22-18(15)20)19(25)14-7-9-21-16-6-4-3-5-13(14)16/h3-6,12,14,21H,7-11H2,1-2H3,(H2,20,22). The minimum atomic E-state index is -3.42. The van der Waals surface area contributed by atoms with Crippen molar-refractivity contribution in [1.82, 2.24) is 14.1 Å². The Morgan fingerprint density at radius 1 is 1.32 bits per heavy atom. The minimum absolute atomic E-state index is 0.123. The van der Waals surface area contributed by atoms with Gasteiger partial charge in [-0.05, 0) is 38.3 Å². The van der Waals surface area contributed by atoms with Crippen LogP contribution in [-0.4, -0.2) is 46.8 Å². The number of anilines is 2. The van der Waals surface area contributed by atoms with Gasteiger partial charge >= 0.3 is 0 Å². The predicted molar refractivity (Wildman–Crippen MR) is 108 cm³/mol. The van der Waals surface area contributed by atoms with Crippen LogP contribution in [0.4, 0.5) is 11.5 Å². The Labute approximate surface area is 164 Å². The van der Waals surface area contributed by atoms with Gasteiger partial charge in [0.25, 0.3) is 5.91 Å². The summed E-state index contributed by atoms with van der Waals surface area (Å²) in [7, 11) is -3.42. The molecule has 9 heteroatoms. The number of sulfonamides is 1. The number of benzene rings is 1. The van der Waals surface area contributed by atoms with E-state index in [0.29, 0.717) is 37.4 Å². The van der Waals surface area contributed by atoms with E-state index in [1.54, 1.807) is 13.8 Å². The van der Waals surface area contributed by atoms with Gasteiger partial charge in [-0.25, -0.2) is 13.1 Å². The summed E-state index contributed by atoms with van der Waals surface area (Å²) in [5.74, 6) is -0.184. The molecule has 1 unspecified atom stereocenters. The Morgan fingerprint density at radius 2 is 2.07 bits per heavy atom. The molecule has 3 N–H and O–H groups in total. The van der Waals surface area contributed by atoms with Crippen molar-refractivity contribution in [2.45, 2.75) is 44.4 Å². The van der Waals surface area contributed by atoms with Crippen LogP contribution in [0.25, 0.3) is 0 Å². The maximum atomic E-state index is 13.4. The molecule has 8 nitrogen and oxygen atoms in total. The van der Waals surface area contributed by atoms with Crippen LogP contribution in [0.5, 0.6) is 0 Å². The molecule has 0 saturated carbocycles. The van der Waals surface area contributed by atoms with Crippen LogP contribution in [0, 0.1) is 0 Å². The molecule has 0 bridgehead atoms. The number of rotatable bonds is 3. The van der Waals surface area contributed by atoms with Gasteiger partial charge in [-0.15, -0.1) is 5.10 Å². The van der Waals surface area contributed by atoms with E-state index >= 15 is 0 Å². The molecule has 0 aliphatic carbocycles. The van der Waals surface area contributed by atoms with Crippen LogP contribution in [0.15, 0.2) is 24.3 Å². The fraction of sp³-hybridized carbons (Fsp3) is 0.474. The van der Waals surface area contributed by atoms with Crippen molar-refractivity contribution in [1.29, 1.82) is 0 Å². The number of para-hydroxylation sites is 1. The zero-order valence-electron chi connectivity index (χ0n) is 16.1. The number of nitrogen functional groups attached to an aromatic ring is 1. The largest absolute Gasteiger partial charge is 0.385 e. The van der Waals surface area contributed by atoms with Crippen molar-refractivity contribution in [3.05, 3.63) is 41.1 Å². The fourth-order valence-electron chi connectivity index (χ4n) is 3.99. The molecule has 150 valence electrons. The molecule has 1 aromatic heterocycles. The first-order chi connectivity index (χ1) is 13.3. The summed E-state index contributed by atoms with van der Waals surface area (Å²) in [5, 5.41) is 7.10. The van der Waals surface area contributed by atoms with Gasteiger partial charge in [0.2, 0.25) is 10.0 Å². The molecule has 2 aromatic rings. The Balaban J connectivity index is 1.71. The quantitative estimate of drug-likeness (QED) is 0.809. The molecule has 0 spiro atoms. The molecular formula is C19H25N5O3S. The molecule has 1 atom stereocenters. The molecule has 0 fully saturated rings. The summed E-state index contributed by atoms with van der Waals surface area (Å²) in [5.41, 5.74) is 9.33. The van der Waals surface area contributed by atoms with E-state index in [1.807, 2.05) is 24.3 Å². The van der Waals surface area contributed by atoms with E-state index in [-0.39, 0.29) is 18.4 Å². The van der Waals surface area contributed by atoms with E-state index in [4.69, 9.17) is 5.73 Å². The van der Waals surface area contributed by atoms with Crippen LogP contribution in [0.2, 0.25) is 0 Å². The van der Waals surface area contributed by atoms with Crippen LogP contribution < -0.4 is 11.1 Å². The summed E-state index contributed by atoms with van der Waals surface area (Å²) < 4.78 is 28.0. The SMILES string of the molecule is CC(C)S(=O)(=O)N1CCc2c(N)nn(C(=O)C3CCNc4ccccc43)c2C1. The van der Waals surface area contributed by atoms with Gasteiger partial charge in [-0.1, -0.05) is 18.2 Å². The second-order valence-electron chi connectivity index (χ2n) is 7.59. The lowest BCUT2D eigenvalue weighted by Crippen LogP contribution is -2.41. The number of nitrogens with zero attached hydrogens (tertiary/aromatic N) is 3. The number of fused-ring (bicyclic) bond motifs is 2. The summed E-state index contributed by atoms with van der Waals surface area (Å²) >= 11 is 0. The highest BCUT2D eigenvalue weighted by Gasteiger charge is 2.36. The average molecular weight is 404 g/mol. The van der Waals surface area contributed by atoms with E-state index in [1.165, 1.54) is 8.99 Å². The van der Waals surface area contributed by atoms with Crippen molar-refractivity contribution in [2.75, 3.05) is 24.1 Å². The molecule has 2 aliphatic rings. The maximum absolute atomic E-state index is 13.4. The molecule has 1 aromatic carbocycles. The Morgan fingerprint density at radius 3 is 2.82 bits per heavy atom. The first kappa shape index (κ1) is 18.9. The number of aromatic nitrogens is 2. The number of carbonyl (C=O) groups excluding carboxylic acids is 1. The smallest absolute Gasteiger partial charge is 0.254 e. The molecular weight excluding hydrogens is 378 g/mol. The van der Waals surface area contributed by atoms with Crippen molar-refractivity contribution >= 4 is 27.4 Å². The average Bonchev–Trinajstić information content (AvgIpc) is 3.03. The maximum Gasteiger partial charge on any atom is 0.254 e. The topological polar surface area (TPSA) is 110 Å². The Kier molecular flexibility index (Phi) is 4.67. The highest BCUT2D eigenvalue weighted by atomic mass is 32.2. The monoisotopic (exact) mass is 403 g/mol. The molecule has 0 saturated heterocycles. The fourth-order valence-corrected chi connectivity index (χ4v) is 5.24. The molecule has 0 radical (unpaired) electrons. The van der Waals surface area contributed by atoms with Gasteiger partial charge < -0.3 is 11.1 Å². The lowest BCUT2D eigenvalue weighted by Gasteiger charge is -2.29. The van der Waals surface area contributed by atoms with E-state index in [0.717, 1.165) is 16.8 Å². The van der Waals surface area contributed by atoms with Crippen LogP contribution >= 0.6 is 0 Å². The lowest BCUT2D eigenvalue weighted by atomic mass is 9.90. The van der Waals surface area contributed by atoms with Crippen molar-refractivity contribution < 1.29 is 13.2 Å². The zero-order valence-corrected chi connectivity index (χ0v) is 16.9. The normalized spacial score (nSPS) is 19.8. The lowest BCUT2D eigenvalue weighted by molar-refractivity contribution is 0.0850. The molecule has 2 aliphatic heterocycles. The van der Waals surface area contributed by atoms with Gasteiger partial charge in [0, 0.05) is 24.3 Å². The third-order valence-electron chi connectivity index (χ3n) is 5.61. The third kappa shape index (κ3) is 2.98. The van der Waals surface area contributed by atoms with Crippen molar-refractivity contribution in [3.8, 4) is 0 Å². The second-order valence-corrected chi connectivity index (χ2v) is 10.1. The number of hydrogen-bond donors (Lipinski definition) is 2. The van der Waals surface area contributed by atoms with Crippen molar-refractivity contribution in [3.63, 3.8) is 0 Å². The molecule has 3 heterocycles. The highest BCUT2D eigenvalue weighted by molar-refractivity contribution is 7.89. The van der Waals surface area contributed by atoms with E-state index in [9.17, 15) is 13.2 Å². The highest BCUT2D eigenvalue weighted by Crippen LogP contribution is 2.34. The van der Waals surface area contributed by atoms with Crippen molar-refractivity contribution in [2.24, 2.45) is 0 Å². The number of nitrogens with two attached hydrogens (primary N) is 1. The molecule has 0 amide bonds. The Bertz CT molecular complexity index is 1030. The minimum Gasteiger partial charge on any atom is -0.385 e. The predicted octanol–water partition coefficient (Wildman–Crippen LogP) is 1.80. The van der Waals surface area contributed by atoms with E-state index in [2.05, 4.69) is 10.4 Å².